The van der Waals surface area contributed by atoms with Crippen molar-refractivity contribution in [2.75, 3.05) is 7.05 Å². The average molecular weight is 323 g/mol. The van der Waals surface area contributed by atoms with Gasteiger partial charge < -0.3 is 4.90 Å². The first kappa shape index (κ1) is 16.6. The number of amides is 1. The van der Waals surface area contributed by atoms with Crippen LogP contribution in [-0.4, -0.2) is 27.4 Å². The molecule has 0 fully saturated rings. The first-order valence-electron chi connectivity index (χ1n) is 6.80. The standard InChI is InChI=1S/C15H15F2N3O3/c1-9(10-3-4-11(16)12(17)7-10)19(2)14(22)8-20-6-5-13(21)18-15(20)23/h3-7,9H,8H2,1-2H3,(H,18,21,23)/t9-/m1/s1. The Bertz CT molecular complexity index is 844. The van der Waals surface area contributed by atoms with Crippen LogP contribution in [0.4, 0.5) is 8.78 Å². The zero-order chi connectivity index (χ0) is 17.1. The fourth-order valence-electron chi connectivity index (χ4n) is 2.04. The van der Waals surface area contributed by atoms with E-state index >= 15 is 0 Å². The zero-order valence-electron chi connectivity index (χ0n) is 12.5. The van der Waals surface area contributed by atoms with E-state index in [1.54, 1.807) is 6.92 Å². The van der Waals surface area contributed by atoms with Gasteiger partial charge in [-0.1, -0.05) is 6.07 Å². The number of hydrogen-bond donors (Lipinski definition) is 1. The lowest BCUT2D eigenvalue weighted by Gasteiger charge is -2.25. The number of carbonyl (C=O) groups excluding carboxylic acids is 1. The van der Waals surface area contributed by atoms with Crippen molar-refractivity contribution in [3.8, 4) is 0 Å². The van der Waals surface area contributed by atoms with Crippen LogP contribution in [-0.2, 0) is 11.3 Å². The van der Waals surface area contributed by atoms with Gasteiger partial charge in [-0.25, -0.2) is 13.6 Å². The van der Waals surface area contributed by atoms with E-state index in [4.69, 9.17) is 0 Å². The van der Waals surface area contributed by atoms with Gasteiger partial charge in [-0.05, 0) is 24.6 Å². The number of nitrogens with zero attached hydrogens (tertiary/aromatic N) is 2. The highest BCUT2D eigenvalue weighted by Gasteiger charge is 2.19. The molecule has 0 saturated heterocycles. The predicted octanol–water partition coefficient (Wildman–Crippen LogP) is 1.03. The molecular weight excluding hydrogens is 308 g/mol. The molecule has 1 heterocycles. The molecule has 0 aliphatic heterocycles. The van der Waals surface area contributed by atoms with Crippen LogP contribution in [0.3, 0.4) is 0 Å². The summed E-state index contributed by atoms with van der Waals surface area (Å²) in [6, 6.07) is 4.02. The predicted molar refractivity (Wildman–Crippen MR) is 78.9 cm³/mol. The highest BCUT2D eigenvalue weighted by molar-refractivity contribution is 5.76. The molecule has 0 aliphatic rings. The molecule has 1 atom stereocenters. The lowest BCUT2D eigenvalue weighted by molar-refractivity contribution is -0.132. The molecule has 1 aromatic heterocycles. The monoisotopic (exact) mass is 323 g/mol. The second kappa shape index (κ2) is 6.55. The summed E-state index contributed by atoms with van der Waals surface area (Å²) < 4.78 is 27.3. The van der Waals surface area contributed by atoms with Crippen molar-refractivity contribution in [3.63, 3.8) is 0 Å². The van der Waals surface area contributed by atoms with Gasteiger partial charge in [0.25, 0.3) is 5.56 Å². The molecule has 0 spiro atoms. The van der Waals surface area contributed by atoms with Gasteiger partial charge >= 0.3 is 5.69 Å². The van der Waals surface area contributed by atoms with Crippen LogP contribution < -0.4 is 11.2 Å². The maximum atomic E-state index is 13.3. The number of halogens is 2. The van der Waals surface area contributed by atoms with E-state index in [-0.39, 0.29) is 6.54 Å². The summed E-state index contributed by atoms with van der Waals surface area (Å²) in [6.07, 6.45) is 1.22. The number of H-pyrrole nitrogens is 1. The Morgan fingerprint density at radius 2 is 1.96 bits per heavy atom. The molecule has 0 unspecified atom stereocenters. The Kier molecular flexibility index (Phi) is 4.73. The van der Waals surface area contributed by atoms with Gasteiger partial charge in [-0.15, -0.1) is 0 Å². The maximum absolute atomic E-state index is 13.3. The molecule has 1 amide bonds. The van der Waals surface area contributed by atoms with E-state index < -0.39 is 34.8 Å². The van der Waals surface area contributed by atoms with E-state index in [2.05, 4.69) is 0 Å². The molecule has 0 saturated carbocycles. The van der Waals surface area contributed by atoms with E-state index in [1.807, 2.05) is 4.98 Å². The van der Waals surface area contributed by atoms with E-state index in [0.29, 0.717) is 5.56 Å². The molecule has 6 nitrogen and oxygen atoms in total. The first-order chi connectivity index (χ1) is 10.8. The molecule has 2 rings (SSSR count). The number of carbonyl (C=O) groups is 1. The van der Waals surface area contributed by atoms with Gasteiger partial charge in [0.05, 0.1) is 6.04 Å². The van der Waals surface area contributed by atoms with Crippen molar-refractivity contribution >= 4 is 5.91 Å². The lowest BCUT2D eigenvalue weighted by atomic mass is 10.1. The van der Waals surface area contributed by atoms with Crippen LogP contribution in [0.15, 0.2) is 40.1 Å². The molecule has 1 aromatic carbocycles. The minimum atomic E-state index is -0.993. The summed E-state index contributed by atoms with van der Waals surface area (Å²) in [5, 5.41) is 0. The van der Waals surface area contributed by atoms with Gasteiger partial charge in [-0.2, -0.15) is 0 Å². The molecule has 0 radical (unpaired) electrons. The van der Waals surface area contributed by atoms with Crippen LogP contribution in [0.5, 0.6) is 0 Å². The quantitative estimate of drug-likeness (QED) is 0.913. The average Bonchev–Trinajstić information content (AvgIpc) is 2.51. The SMILES string of the molecule is C[C@H](c1ccc(F)c(F)c1)N(C)C(=O)Cn1ccc(=O)[nH]c1=O. The smallest absolute Gasteiger partial charge is 0.328 e. The Hall–Kier alpha value is -2.77. The summed E-state index contributed by atoms with van der Waals surface area (Å²) in [4.78, 5) is 38.1. The van der Waals surface area contributed by atoms with Crippen molar-refractivity contribution in [2.24, 2.45) is 0 Å². The Morgan fingerprint density at radius 3 is 2.57 bits per heavy atom. The number of aromatic amines is 1. The van der Waals surface area contributed by atoms with Crippen molar-refractivity contribution in [3.05, 3.63) is 68.5 Å². The highest BCUT2D eigenvalue weighted by Crippen LogP contribution is 2.21. The number of hydrogen-bond acceptors (Lipinski definition) is 3. The highest BCUT2D eigenvalue weighted by atomic mass is 19.2. The van der Waals surface area contributed by atoms with Crippen LogP contribution in [0.1, 0.15) is 18.5 Å². The number of aromatic nitrogens is 2. The van der Waals surface area contributed by atoms with Crippen LogP contribution in [0, 0.1) is 11.6 Å². The summed E-state index contributed by atoms with van der Waals surface area (Å²) in [7, 11) is 1.49. The number of likely N-dealkylation sites (N-methyl/N-ethyl adjacent to an activating group) is 1. The molecular formula is C15H15F2N3O3. The maximum Gasteiger partial charge on any atom is 0.328 e. The number of rotatable bonds is 4. The van der Waals surface area contributed by atoms with Crippen LogP contribution in [0.2, 0.25) is 0 Å². The molecule has 1 N–H and O–H groups in total. The fourth-order valence-corrected chi connectivity index (χ4v) is 2.04. The minimum absolute atomic E-state index is 0.278. The molecule has 23 heavy (non-hydrogen) atoms. The number of benzene rings is 1. The summed E-state index contributed by atoms with van der Waals surface area (Å²) in [5.74, 6) is -2.38. The molecule has 8 heteroatoms. The third-order valence-electron chi connectivity index (χ3n) is 3.60. The van der Waals surface area contributed by atoms with Gasteiger partial charge in [0, 0.05) is 19.3 Å². The summed E-state index contributed by atoms with van der Waals surface area (Å²) >= 11 is 0. The summed E-state index contributed by atoms with van der Waals surface area (Å²) in [5.41, 5.74) is -0.824. The zero-order valence-corrected chi connectivity index (χ0v) is 12.5. The minimum Gasteiger partial charge on any atom is -0.337 e. The second-order valence-corrected chi connectivity index (χ2v) is 5.09. The summed E-state index contributed by atoms with van der Waals surface area (Å²) in [6.45, 7) is 1.38. The third-order valence-corrected chi connectivity index (χ3v) is 3.60. The topological polar surface area (TPSA) is 75.2 Å². The van der Waals surface area contributed by atoms with E-state index in [1.165, 1.54) is 24.2 Å². The second-order valence-electron chi connectivity index (χ2n) is 5.09. The van der Waals surface area contributed by atoms with Gasteiger partial charge in [0.1, 0.15) is 6.54 Å². The van der Waals surface area contributed by atoms with Crippen LogP contribution >= 0.6 is 0 Å². The number of nitrogens with one attached hydrogen (secondary N) is 1. The molecule has 0 aliphatic carbocycles. The van der Waals surface area contributed by atoms with E-state index in [0.717, 1.165) is 22.8 Å². The molecule has 2 aromatic rings. The van der Waals surface area contributed by atoms with Crippen molar-refractivity contribution < 1.29 is 13.6 Å². The lowest BCUT2D eigenvalue weighted by Crippen LogP contribution is -2.37. The van der Waals surface area contributed by atoms with Crippen molar-refractivity contribution in [2.45, 2.75) is 19.5 Å². The Balaban J connectivity index is 2.16. The fraction of sp³-hybridized carbons (Fsp3) is 0.267. The van der Waals surface area contributed by atoms with Crippen LogP contribution in [0.25, 0.3) is 0 Å². The van der Waals surface area contributed by atoms with Gasteiger partial charge in [0.15, 0.2) is 11.6 Å². The Labute approximate surface area is 130 Å². The van der Waals surface area contributed by atoms with Crippen molar-refractivity contribution in [1.82, 2.24) is 14.5 Å². The first-order valence-corrected chi connectivity index (χ1v) is 6.80. The van der Waals surface area contributed by atoms with Gasteiger partial charge in [-0.3, -0.25) is 19.1 Å². The molecule has 0 bridgehead atoms. The van der Waals surface area contributed by atoms with Crippen molar-refractivity contribution in [1.29, 1.82) is 0 Å². The molecule has 122 valence electrons. The third kappa shape index (κ3) is 3.71. The Morgan fingerprint density at radius 1 is 1.26 bits per heavy atom. The van der Waals surface area contributed by atoms with E-state index in [9.17, 15) is 23.2 Å². The largest absolute Gasteiger partial charge is 0.337 e. The van der Waals surface area contributed by atoms with Gasteiger partial charge in [0.2, 0.25) is 5.91 Å². The normalized spacial score (nSPS) is 12.0.